The van der Waals surface area contributed by atoms with Crippen molar-refractivity contribution in [3.05, 3.63) is 63.0 Å². The van der Waals surface area contributed by atoms with Crippen LogP contribution in [0.25, 0.3) is 5.69 Å². The van der Waals surface area contributed by atoms with Crippen molar-refractivity contribution in [2.75, 3.05) is 5.32 Å². The van der Waals surface area contributed by atoms with Gasteiger partial charge in [0.25, 0.3) is 0 Å². The molecule has 1 aliphatic rings. The third kappa shape index (κ3) is 3.10. The van der Waals surface area contributed by atoms with Crippen molar-refractivity contribution >= 4 is 28.8 Å². The molecule has 2 aromatic heterocycles. The number of anilines is 1. The molecule has 27 heavy (non-hydrogen) atoms. The molecule has 1 unspecified atom stereocenters. The first kappa shape index (κ1) is 17.7. The molecule has 0 radical (unpaired) electrons. The molecule has 6 heteroatoms. The van der Waals surface area contributed by atoms with Gasteiger partial charge in [-0.3, -0.25) is 9.59 Å². The van der Waals surface area contributed by atoms with E-state index in [-0.39, 0.29) is 18.1 Å². The monoisotopic (exact) mass is 379 g/mol. The van der Waals surface area contributed by atoms with E-state index in [1.54, 1.807) is 4.68 Å². The summed E-state index contributed by atoms with van der Waals surface area (Å²) in [5.74, 6) is -0.0382. The molecule has 3 heterocycles. The number of Topliss-reactive ketones (excluding diaryl/α,β-unsaturated/α-hetero) is 1. The zero-order valence-corrected chi connectivity index (χ0v) is 16.4. The third-order valence-corrected chi connectivity index (χ3v) is 6.01. The Balaban J connectivity index is 1.79. The molecule has 5 nitrogen and oxygen atoms in total. The Hall–Kier alpha value is -2.73. The van der Waals surface area contributed by atoms with E-state index in [9.17, 15) is 9.59 Å². The summed E-state index contributed by atoms with van der Waals surface area (Å²) < 4.78 is 1.74. The zero-order chi connectivity index (χ0) is 19.1. The Morgan fingerprint density at radius 1 is 1.22 bits per heavy atom. The van der Waals surface area contributed by atoms with Gasteiger partial charge in [-0.15, -0.1) is 11.3 Å². The van der Waals surface area contributed by atoms with Gasteiger partial charge in [-0.1, -0.05) is 19.1 Å². The lowest BCUT2D eigenvalue weighted by Gasteiger charge is -2.22. The summed E-state index contributed by atoms with van der Waals surface area (Å²) in [6.45, 7) is 5.98. The smallest absolute Gasteiger partial charge is 0.226 e. The van der Waals surface area contributed by atoms with Crippen LogP contribution >= 0.6 is 11.3 Å². The molecular formula is C21H21N3O2S. The summed E-state index contributed by atoms with van der Waals surface area (Å²) in [4.78, 5) is 27.2. The first-order chi connectivity index (χ1) is 13.0. The molecule has 0 spiro atoms. The molecule has 3 aromatic rings. The molecule has 1 N–H and O–H groups in total. The lowest BCUT2D eigenvalue weighted by atomic mass is 9.87. The summed E-state index contributed by atoms with van der Waals surface area (Å²) in [6, 6.07) is 11.9. The molecule has 0 saturated heterocycles. The van der Waals surface area contributed by atoms with Crippen LogP contribution in [0.5, 0.6) is 0 Å². The van der Waals surface area contributed by atoms with Gasteiger partial charge in [0.05, 0.1) is 22.2 Å². The van der Waals surface area contributed by atoms with Crippen molar-refractivity contribution in [1.29, 1.82) is 0 Å². The molecule has 1 aliphatic heterocycles. The number of nitrogens with one attached hydrogen (secondary N) is 1. The van der Waals surface area contributed by atoms with E-state index in [1.165, 1.54) is 16.9 Å². The van der Waals surface area contributed by atoms with Gasteiger partial charge in [-0.05, 0) is 50.1 Å². The highest BCUT2D eigenvalue weighted by Gasteiger charge is 2.36. The highest BCUT2D eigenvalue weighted by molar-refractivity contribution is 7.14. The van der Waals surface area contributed by atoms with Gasteiger partial charge in [0, 0.05) is 16.9 Å². The maximum absolute atomic E-state index is 13.1. The molecule has 1 amide bonds. The molecule has 138 valence electrons. The van der Waals surface area contributed by atoms with E-state index in [0.717, 1.165) is 28.2 Å². The number of nitrogens with zero attached hydrogens (tertiary/aromatic N) is 2. The van der Waals surface area contributed by atoms with Crippen LogP contribution in [0.1, 0.15) is 50.6 Å². The van der Waals surface area contributed by atoms with Crippen molar-refractivity contribution in [3.63, 3.8) is 0 Å². The summed E-state index contributed by atoms with van der Waals surface area (Å²) >= 11 is 1.47. The molecule has 1 aromatic carbocycles. The highest BCUT2D eigenvalue weighted by Crippen LogP contribution is 2.39. The summed E-state index contributed by atoms with van der Waals surface area (Å²) in [5, 5.41) is 7.57. The van der Waals surface area contributed by atoms with E-state index in [0.29, 0.717) is 10.7 Å². The Morgan fingerprint density at radius 3 is 2.59 bits per heavy atom. The number of carbonyl (C=O) groups is 2. The second kappa shape index (κ2) is 6.78. The van der Waals surface area contributed by atoms with Crippen LogP contribution in [-0.2, 0) is 11.2 Å². The molecule has 1 atom stereocenters. The number of benzene rings is 1. The van der Waals surface area contributed by atoms with Crippen LogP contribution in [-0.4, -0.2) is 21.5 Å². The molecule has 0 fully saturated rings. The minimum Gasteiger partial charge on any atom is -0.310 e. The minimum absolute atomic E-state index is 0.00631. The van der Waals surface area contributed by atoms with Crippen molar-refractivity contribution in [2.24, 2.45) is 0 Å². The van der Waals surface area contributed by atoms with Crippen LogP contribution in [0.4, 0.5) is 5.82 Å². The number of aryl methyl sites for hydroxylation is 3. The maximum Gasteiger partial charge on any atom is 0.226 e. The molecule has 4 rings (SSSR count). The van der Waals surface area contributed by atoms with E-state index in [2.05, 4.69) is 29.5 Å². The van der Waals surface area contributed by atoms with Gasteiger partial charge in [0.15, 0.2) is 5.78 Å². The fourth-order valence-corrected chi connectivity index (χ4v) is 4.43. The minimum atomic E-state index is -0.490. The SMILES string of the molecule is CCc1ccc(-n2nc(C)c3c2NC(=O)CC3C(=O)c2ccc(C)s2)cc1. The van der Waals surface area contributed by atoms with Crippen LogP contribution in [0.3, 0.4) is 0 Å². The number of hydrogen-bond donors (Lipinski definition) is 1. The van der Waals surface area contributed by atoms with Crippen molar-refractivity contribution in [1.82, 2.24) is 9.78 Å². The van der Waals surface area contributed by atoms with Crippen molar-refractivity contribution in [3.8, 4) is 5.69 Å². The normalized spacial score (nSPS) is 16.1. The topological polar surface area (TPSA) is 64.0 Å². The first-order valence-corrected chi connectivity index (χ1v) is 9.89. The van der Waals surface area contributed by atoms with Crippen molar-refractivity contribution in [2.45, 2.75) is 39.5 Å². The third-order valence-electron chi connectivity index (χ3n) is 4.99. The number of amides is 1. The standard InChI is InChI=1S/C21H21N3O2S/c1-4-14-6-8-15(9-7-14)24-21-19(13(3)23-24)16(11-18(25)22-21)20(26)17-10-5-12(2)27-17/h5-10,16H,4,11H2,1-3H3,(H,22,25). The Bertz CT molecular complexity index is 1030. The lowest BCUT2D eigenvalue weighted by molar-refractivity contribution is -0.116. The first-order valence-electron chi connectivity index (χ1n) is 9.07. The van der Waals surface area contributed by atoms with Gasteiger partial charge in [-0.2, -0.15) is 5.10 Å². The van der Waals surface area contributed by atoms with Gasteiger partial charge < -0.3 is 5.32 Å². The van der Waals surface area contributed by atoms with Crippen molar-refractivity contribution < 1.29 is 9.59 Å². The van der Waals surface area contributed by atoms with Crippen LogP contribution in [0, 0.1) is 13.8 Å². The number of fused-ring (bicyclic) bond motifs is 1. The fourth-order valence-electron chi connectivity index (χ4n) is 3.57. The molecule has 0 saturated carbocycles. The van der Waals surface area contributed by atoms with E-state index in [1.807, 2.05) is 38.1 Å². The highest BCUT2D eigenvalue weighted by atomic mass is 32.1. The molecular weight excluding hydrogens is 358 g/mol. The van der Waals surface area contributed by atoms with Gasteiger partial charge >= 0.3 is 0 Å². The zero-order valence-electron chi connectivity index (χ0n) is 15.6. The van der Waals surface area contributed by atoms with Gasteiger partial charge in [0.1, 0.15) is 5.82 Å². The number of carbonyl (C=O) groups excluding carboxylic acids is 2. The Morgan fingerprint density at radius 2 is 1.96 bits per heavy atom. The molecule has 0 aliphatic carbocycles. The van der Waals surface area contributed by atoms with E-state index < -0.39 is 5.92 Å². The largest absolute Gasteiger partial charge is 0.310 e. The van der Waals surface area contributed by atoms with Crippen LogP contribution in [0.2, 0.25) is 0 Å². The number of hydrogen-bond acceptors (Lipinski definition) is 4. The van der Waals surface area contributed by atoms with Gasteiger partial charge in [0.2, 0.25) is 5.91 Å². The van der Waals surface area contributed by atoms with Crippen LogP contribution in [0.15, 0.2) is 36.4 Å². The Kier molecular flexibility index (Phi) is 4.44. The second-order valence-electron chi connectivity index (χ2n) is 6.86. The van der Waals surface area contributed by atoms with E-state index >= 15 is 0 Å². The lowest BCUT2D eigenvalue weighted by Crippen LogP contribution is -2.28. The average Bonchev–Trinajstić information content (AvgIpc) is 3.24. The number of thiophene rings is 1. The maximum atomic E-state index is 13.1. The summed E-state index contributed by atoms with van der Waals surface area (Å²) in [6.07, 6.45) is 1.12. The molecule has 0 bridgehead atoms. The van der Waals surface area contributed by atoms with E-state index in [4.69, 9.17) is 0 Å². The number of aromatic nitrogens is 2. The van der Waals surface area contributed by atoms with Crippen LogP contribution < -0.4 is 5.32 Å². The summed E-state index contributed by atoms with van der Waals surface area (Å²) in [5.41, 5.74) is 3.71. The summed E-state index contributed by atoms with van der Waals surface area (Å²) in [7, 11) is 0. The second-order valence-corrected chi connectivity index (χ2v) is 8.15. The predicted octanol–water partition coefficient (Wildman–Crippen LogP) is 4.42. The number of ketones is 1. The quantitative estimate of drug-likeness (QED) is 0.683. The Labute approximate surface area is 162 Å². The number of rotatable bonds is 4. The predicted molar refractivity (Wildman–Crippen MR) is 107 cm³/mol. The average molecular weight is 379 g/mol. The fraction of sp³-hybridized carbons (Fsp3) is 0.286. The van der Waals surface area contributed by atoms with Gasteiger partial charge in [-0.25, -0.2) is 4.68 Å².